The van der Waals surface area contributed by atoms with Crippen LogP contribution in [0.2, 0.25) is 0 Å². The number of hydrogen-bond donors (Lipinski definition) is 2. The molecule has 3 N–H and O–H groups in total. The van der Waals surface area contributed by atoms with Gasteiger partial charge in [0.2, 0.25) is 0 Å². The third-order valence-corrected chi connectivity index (χ3v) is 2.29. The third-order valence-electron chi connectivity index (χ3n) is 2.29. The summed E-state index contributed by atoms with van der Waals surface area (Å²) in [5, 5.41) is 8.93. The van der Waals surface area contributed by atoms with Gasteiger partial charge in [0, 0.05) is 5.54 Å². The minimum absolute atomic E-state index is 0. The van der Waals surface area contributed by atoms with Gasteiger partial charge < -0.3 is 10.8 Å². The SMILES string of the molecule is CCCCCC(C(=O)O)C(C)(C)N.Cl. The Balaban J connectivity index is 0. The van der Waals surface area contributed by atoms with Crippen molar-refractivity contribution in [1.29, 1.82) is 0 Å². The van der Waals surface area contributed by atoms with Crippen molar-refractivity contribution in [2.75, 3.05) is 0 Å². The summed E-state index contributed by atoms with van der Waals surface area (Å²) >= 11 is 0. The van der Waals surface area contributed by atoms with Gasteiger partial charge in [0.05, 0.1) is 5.92 Å². The molecule has 0 spiro atoms. The van der Waals surface area contributed by atoms with Crippen molar-refractivity contribution in [2.24, 2.45) is 11.7 Å². The Labute approximate surface area is 92.5 Å². The number of carbonyl (C=O) groups is 1. The Bertz CT molecular complexity index is 166. The summed E-state index contributed by atoms with van der Waals surface area (Å²) in [6.45, 7) is 5.65. The van der Waals surface area contributed by atoms with E-state index in [0.29, 0.717) is 6.42 Å². The van der Waals surface area contributed by atoms with Crippen LogP contribution in [0.15, 0.2) is 0 Å². The van der Waals surface area contributed by atoms with Crippen LogP contribution in [0.5, 0.6) is 0 Å². The lowest BCUT2D eigenvalue weighted by Crippen LogP contribution is -2.44. The van der Waals surface area contributed by atoms with E-state index in [2.05, 4.69) is 6.92 Å². The lowest BCUT2D eigenvalue weighted by atomic mass is 9.84. The Morgan fingerprint density at radius 2 is 1.93 bits per heavy atom. The van der Waals surface area contributed by atoms with Gasteiger partial charge in [-0.15, -0.1) is 12.4 Å². The van der Waals surface area contributed by atoms with E-state index in [1.807, 2.05) is 0 Å². The first-order valence-electron chi connectivity index (χ1n) is 4.91. The molecule has 0 amide bonds. The molecule has 0 aliphatic heterocycles. The lowest BCUT2D eigenvalue weighted by Gasteiger charge is -2.26. The summed E-state index contributed by atoms with van der Waals surface area (Å²) in [5.74, 6) is -1.19. The number of rotatable bonds is 6. The van der Waals surface area contributed by atoms with Gasteiger partial charge in [-0.2, -0.15) is 0 Å². The average molecular weight is 224 g/mol. The van der Waals surface area contributed by atoms with Crippen molar-refractivity contribution in [3.63, 3.8) is 0 Å². The van der Waals surface area contributed by atoms with Crippen LogP contribution in [0.25, 0.3) is 0 Å². The normalized spacial score (nSPS) is 13.1. The van der Waals surface area contributed by atoms with Gasteiger partial charge in [-0.3, -0.25) is 4.79 Å². The van der Waals surface area contributed by atoms with Gasteiger partial charge >= 0.3 is 5.97 Å². The van der Waals surface area contributed by atoms with Crippen molar-refractivity contribution < 1.29 is 9.90 Å². The minimum Gasteiger partial charge on any atom is -0.481 e. The summed E-state index contributed by atoms with van der Waals surface area (Å²) in [7, 11) is 0. The molecule has 1 unspecified atom stereocenters. The topological polar surface area (TPSA) is 63.3 Å². The molecule has 86 valence electrons. The van der Waals surface area contributed by atoms with Gasteiger partial charge in [-0.05, 0) is 20.3 Å². The van der Waals surface area contributed by atoms with Crippen molar-refractivity contribution in [1.82, 2.24) is 0 Å². The fourth-order valence-corrected chi connectivity index (χ4v) is 1.41. The smallest absolute Gasteiger partial charge is 0.308 e. The molecule has 0 radical (unpaired) electrons. The van der Waals surface area contributed by atoms with Crippen LogP contribution < -0.4 is 5.73 Å². The Morgan fingerprint density at radius 3 is 2.21 bits per heavy atom. The second-order valence-corrected chi connectivity index (χ2v) is 4.21. The summed E-state index contributed by atoms with van der Waals surface area (Å²) in [4.78, 5) is 10.9. The van der Waals surface area contributed by atoms with Crippen molar-refractivity contribution in [3.05, 3.63) is 0 Å². The van der Waals surface area contributed by atoms with Crippen molar-refractivity contribution >= 4 is 18.4 Å². The first-order valence-corrected chi connectivity index (χ1v) is 4.91. The standard InChI is InChI=1S/C10H21NO2.ClH/c1-4-5-6-7-8(9(12)13)10(2,3)11;/h8H,4-7,11H2,1-3H3,(H,12,13);1H. The monoisotopic (exact) mass is 223 g/mol. The molecule has 0 aliphatic carbocycles. The Hall–Kier alpha value is -0.280. The van der Waals surface area contributed by atoms with Crippen molar-refractivity contribution in [2.45, 2.75) is 52.0 Å². The zero-order chi connectivity index (χ0) is 10.5. The van der Waals surface area contributed by atoms with Crippen LogP contribution in [-0.2, 0) is 4.79 Å². The van der Waals surface area contributed by atoms with E-state index in [1.54, 1.807) is 13.8 Å². The number of hydrogen-bond acceptors (Lipinski definition) is 2. The Morgan fingerprint density at radius 1 is 1.43 bits per heavy atom. The largest absolute Gasteiger partial charge is 0.481 e. The van der Waals surface area contributed by atoms with Crippen LogP contribution in [-0.4, -0.2) is 16.6 Å². The molecule has 0 aromatic heterocycles. The maximum Gasteiger partial charge on any atom is 0.308 e. The number of aliphatic carboxylic acids is 1. The molecular weight excluding hydrogens is 202 g/mol. The first-order chi connectivity index (χ1) is 5.89. The zero-order valence-electron chi connectivity index (χ0n) is 9.25. The second-order valence-electron chi connectivity index (χ2n) is 4.21. The minimum atomic E-state index is -0.774. The maximum absolute atomic E-state index is 10.9. The average Bonchev–Trinajstić information content (AvgIpc) is 1.94. The van der Waals surface area contributed by atoms with Crippen LogP contribution in [0.4, 0.5) is 0 Å². The van der Waals surface area contributed by atoms with Gasteiger partial charge in [-0.25, -0.2) is 0 Å². The summed E-state index contributed by atoms with van der Waals surface area (Å²) in [5.41, 5.74) is 5.17. The molecule has 0 aromatic carbocycles. The molecule has 14 heavy (non-hydrogen) atoms. The fraction of sp³-hybridized carbons (Fsp3) is 0.900. The molecule has 3 nitrogen and oxygen atoms in total. The van der Waals surface area contributed by atoms with E-state index in [0.717, 1.165) is 19.3 Å². The number of carboxylic acids is 1. The van der Waals surface area contributed by atoms with E-state index in [1.165, 1.54) is 0 Å². The molecular formula is C10H22ClNO2. The molecule has 0 saturated carbocycles. The van der Waals surface area contributed by atoms with E-state index < -0.39 is 17.4 Å². The molecule has 4 heteroatoms. The zero-order valence-corrected chi connectivity index (χ0v) is 10.1. The van der Waals surface area contributed by atoms with E-state index in [-0.39, 0.29) is 12.4 Å². The van der Waals surface area contributed by atoms with Crippen LogP contribution >= 0.6 is 12.4 Å². The van der Waals surface area contributed by atoms with Gasteiger partial charge in [0.25, 0.3) is 0 Å². The van der Waals surface area contributed by atoms with Gasteiger partial charge in [-0.1, -0.05) is 26.2 Å². The highest BCUT2D eigenvalue weighted by atomic mass is 35.5. The fourth-order valence-electron chi connectivity index (χ4n) is 1.41. The number of halogens is 1. The predicted octanol–water partition coefficient (Wildman–Crippen LogP) is 2.43. The van der Waals surface area contributed by atoms with E-state index in [9.17, 15) is 4.79 Å². The highest BCUT2D eigenvalue weighted by molar-refractivity contribution is 5.85. The molecule has 0 rings (SSSR count). The van der Waals surface area contributed by atoms with Crippen LogP contribution in [0, 0.1) is 5.92 Å². The highest BCUT2D eigenvalue weighted by Gasteiger charge is 2.30. The van der Waals surface area contributed by atoms with Gasteiger partial charge in [0.1, 0.15) is 0 Å². The molecule has 0 fully saturated rings. The highest BCUT2D eigenvalue weighted by Crippen LogP contribution is 2.20. The van der Waals surface area contributed by atoms with E-state index >= 15 is 0 Å². The maximum atomic E-state index is 10.9. The third kappa shape index (κ3) is 6.22. The number of unbranched alkanes of at least 4 members (excludes halogenated alkanes) is 2. The molecule has 0 aliphatic rings. The first kappa shape index (κ1) is 16.2. The molecule has 0 saturated heterocycles. The van der Waals surface area contributed by atoms with Gasteiger partial charge in [0.15, 0.2) is 0 Å². The summed E-state index contributed by atoms with van der Waals surface area (Å²) < 4.78 is 0. The number of nitrogens with two attached hydrogens (primary N) is 1. The lowest BCUT2D eigenvalue weighted by molar-refractivity contribution is -0.144. The van der Waals surface area contributed by atoms with Crippen LogP contribution in [0.1, 0.15) is 46.5 Å². The second kappa shape index (κ2) is 7.07. The van der Waals surface area contributed by atoms with Crippen LogP contribution in [0.3, 0.4) is 0 Å². The van der Waals surface area contributed by atoms with Crippen molar-refractivity contribution in [3.8, 4) is 0 Å². The summed E-state index contributed by atoms with van der Waals surface area (Å²) in [6, 6.07) is 0. The quantitative estimate of drug-likeness (QED) is 0.680. The molecule has 0 aromatic rings. The number of carboxylic acid groups (broad SMARTS) is 1. The molecule has 0 heterocycles. The summed E-state index contributed by atoms with van der Waals surface area (Å²) in [6.07, 6.45) is 3.83. The predicted molar refractivity (Wildman–Crippen MR) is 60.8 cm³/mol. The Kier molecular flexibility index (Phi) is 8.16. The molecule has 1 atom stereocenters. The van der Waals surface area contributed by atoms with E-state index in [4.69, 9.17) is 10.8 Å². The molecule has 0 bridgehead atoms.